The van der Waals surface area contributed by atoms with Crippen LogP contribution < -0.4 is 0 Å². The van der Waals surface area contributed by atoms with Crippen LogP contribution in [-0.4, -0.2) is 4.57 Å². The van der Waals surface area contributed by atoms with Gasteiger partial charge in [0, 0.05) is 16.8 Å². The van der Waals surface area contributed by atoms with Gasteiger partial charge < -0.3 is 4.57 Å². The summed E-state index contributed by atoms with van der Waals surface area (Å²) in [5.41, 5.74) is 22.3. The van der Waals surface area contributed by atoms with Crippen LogP contribution in [0.25, 0.3) is 106 Å². The molecular weight excluding hydrogens is 783 g/mol. The average molecular weight is 828 g/mol. The summed E-state index contributed by atoms with van der Waals surface area (Å²) in [6.07, 6.45) is 0. The fraction of sp³-hybridized carbons (Fsp3) is 0. The molecule has 0 radical (unpaired) electrons. The van der Waals surface area contributed by atoms with Crippen LogP contribution in [0.5, 0.6) is 0 Å². The highest BCUT2D eigenvalue weighted by molar-refractivity contribution is 6.08. The average Bonchev–Trinajstić information content (AvgIpc) is 3.76. The van der Waals surface area contributed by atoms with Crippen molar-refractivity contribution in [1.29, 1.82) is 0 Å². The maximum Gasteiger partial charge on any atom is 0.0619 e. The molecule has 0 aliphatic rings. The summed E-state index contributed by atoms with van der Waals surface area (Å²) in [4.78, 5) is 0. The van der Waals surface area contributed by atoms with Gasteiger partial charge in [-0.2, -0.15) is 0 Å². The van der Waals surface area contributed by atoms with Crippen molar-refractivity contribution in [2.24, 2.45) is 0 Å². The summed E-state index contributed by atoms with van der Waals surface area (Å²) in [5.74, 6) is 0. The van der Waals surface area contributed by atoms with Crippen molar-refractivity contribution < 1.29 is 0 Å². The number of aromatic nitrogens is 1. The van der Waals surface area contributed by atoms with E-state index in [2.05, 4.69) is 278 Å². The topological polar surface area (TPSA) is 4.93 Å². The first-order chi connectivity index (χ1) is 32.3. The number of nitrogens with zero attached hydrogens (tertiary/aromatic N) is 1. The Kier molecular flexibility index (Phi) is 10.7. The van der Waals surface area contributed by atoms with Crippen LogP contribution in [0, 0.1) is 0 Å². The van der Waals surface area contributed by atoms with E-state index in [1.54, 1.807) is 0 Å². The standard InChI is InChI=1S/C64H45N/c1-9-25-46(26-10-1)56-45-57(47-27-11-2-12-28-47)59(60(49-31-15-4-16-32-49)58(56)48-29-13-3-14-30-48)52-41-43-55(44-42-52)65-63(53-37-21-7-22-38-53)61(50-33-17-5-18-34-50)62(51-35-19-6-20-36-51)64(65)54-39-23-8-24-40-54/h1-45H. The molecule has 306 valence electrons. The Balaban J connectivity index is 1.24. The fourth-order valence-corrected chi connectivity index (χ4v) is 9.59. The predicted octanol–water partition coefficient (Wildman–Crippen LogP) is 17.5. The van der Waals surface area contributed by atoms with Gasteiger partial charge in [0.05, 0.1) is 11.4 Å². The molecule has 0 aliphatic heterocycles. The second-order valence-corrected chi connectivity index (χ2v) is 16.4. The molecule has 1 nitrogen and oxygen atoms in total. The zero-order chi connectivity index (χ0) is 43.4. The van der Waals surface area contributed by atoms with Crippen LogP contribution in [0.15, 0.2) is 273 Å². The van der Waals surface area contributed by atoms with Gasteiger partial charge >= 0.3 is 0 Å². The highest BCUT2D eigenvalue weighted by Crippen LogP contribution is 2.52. The monoisotopic (exact) mass is 827 g/mol. The van der Waals surface area contributed by atoms with Gasteiger partial charge in [0.2, 0.25) is 0 Å². The van der Waals surface area contributed by atoms with Crippen LogP contribution in [0.3, 0.4) is 0 Å². The molecule has 0 saturated heterocycles. The van der Waals surface area contributed by atoms with E-state index in [4.69, 9.17) is 0 Å². The minimum atomic E-state index is 1.08. The van der Waals surface area contributed by atoms with E-state index in [1.165, 1.54) is 72.3 Å². The minimum Gasteiger partial charge on any atom is -0.308 e. The van der Waals surface area contributed by atoms with Crippen molar-refractivity contribution in [2.75, 3.05) is 0 Å². The third kappa shape index (κ3) is 7.50. The molecule has 0 spiro atoms. The normalized spacial score (nSPS) is 11.1. The van der Waals surface area contributed by atoms with Crippen LogP contribution in [-0.2, 0) is 0 Å². The lowest BCUT2D eigenvalue weighted by atomic mass is 9.79. The van der Waals surface area contributed by atoms with Crippen molar-refractivity contribution in [1.82, 2.24) is 4.57 Å². The van der Waals surface area contributed by atoms with E-state index < -0.39 is 0 Å². The Morgan fingerprint density at radius 1 is 0.185 bits per heavy atom. The summed E-state index contributed by atoms with van der Waals surface area (Å²) in [7, 11) is 0. The smallest absolute Gasteiger partial charge is 0.0619 e. The Bertz CT molecular complexity index is 3220. The first-order valence-electron chi connectivity index (χ1n) is 22.4. The van der Waals surface area contributed by atoms with Crippen LogP contribution in [0.4, 0.5) is 0 Å². The summed E-state index contributed by atoms with van der Waals surface area (Å²) < 4.78 is 2.50. The van der Waals surface area contributed by atoms with Gasteiger partial charge in [0.25, 0.3) is 0 Å². The van der Waals surface area contributed by atoms with Gasteiger partial charge in [-0.1, -0.05) is 255 Å². The van der Waals surface area contributed by atoms with Gasteiger partial charge in [-0.05, 0) is 96.1 Å². The summed E-state index contributed by atoms with van der Waals surface area (Å²) in [5, 5.41) is 0. The quantitative estimate of drug-likeness (QED) is 0.129. The second-order valence-electron chi connectivity index (χ2n) is 16.4. The van der Waals surface area contributed by atoms with Gasteiger partial charge in [-0.15, -0.1) is 0 Å². The maximum absolute atomic E-state index is 2.50. The first-order valence-corrected chi connectivity index (χ1v) is 22.4. The molecule has 1 heteroatoms. The lowest BCUT2D eigenvalue weighted by Gasteiger charge is -2.25. The first kappa shape index (κ1) is 39.3. The maximum atomic E-state index is 2.50. The Morgan fingerprint density at radius 3 is 0.754 bits per heavy atom. The molecule has 0 bridgehead atoms. The number of benzene rings is 10. The third-order valence-electron chi connectivity index (χ3n) is 12.4. The molecular formula is C64H45N. The molecule has 11 rings (SSSR count). The molecule has 1 heterocycles. The number of hydrogen-bond acceptors (Lipinski definition) is 0. The molecule has 0 N–H and O–H groups in total. The molecule has 0 saturated carbocycles. The number of hydrogen-bond donors (Lipinski definition) is 0. The van der Waals surface area contributed by atoms with Gasteiger partial charge in [-0.25, -0.2) is 0 Å². The molecule has 0 unspecified atom stereocenters. The second kappa shape index (κ2) is 17.7. The summed E-state index contributed by atoms with van der Waals surface area (Å²) in [6.45, 7) is 0. The van der Waals surface area contributed by atoms with Gasteiger partial charge in [0.1, 0.15) is 0 Å². The SMILES string of the molecule is c1ccc(-c2cc(-c3ccccc3)c(-c3ccc(-n4c(-c5ccccc5)c(-c5ccccc5)c(-c5ccccc5)c4-c4ccccc4)cc3)c(-c3ccccc3)c2-c2ccccc2)cc1. The molecule has 10 aromatic carbocycles. The van der Waals surface area contributed by atoms with Crippen LogP contribution in [0.1, 0.15) is 0 Å². The zero-order valence-corrected chi connectivity index (χ0v) is 35.9. The van der Waals surface area contributed by atoms with Crippen molar-refractivity contribution in [3.8, 4) is 106 Å². The fourth-order valence-electron chi connectivity index (χ4n) is 9.59. The van der Waals surface area contributed by atoms with E-state index >= 15 is 0 Å². The highest BCUT2D eigenvalue weighted by atomic mass is 15.0. The summed E-state index contributed by atoms with van der Waals surface area (Å²) in [6, 6.07) is 98.9. The Morgan fingerprint density at radius 2 is 0.431 bits per heavy atom. The molecule has 0 fully saturated rings. The van der Waals surface area contributed by atoms with E-state index in [0.717, 1.165) is 33.8 Å². The van der Waals surface area contributed by atoms with Crippen LogP contribution >= 0.6 is 0 Å². The highest BCUT2D eigenvalue weighted by Gasteiger charge is 2.29. The molecule has 0 atom stereocenters. The molecule has 11 aromatic rings. The predicted molar refractivity (Wildman–Crippen MR) is 275 cm³/mol. The largest absolute Gasteiger partial charge is 0.308 e. The Labute approximate surface area is 381 Å². The van der Waals surface area contributed by atoms with Gasteiger partial charge in [-0.3, -0.25) is 0 Å². The van der Waals surface area contributed by atoms with E-state index in [-0.39, 0.29) is 0 Å². The van der Waals surface area contributed by atoms with Crippen molar-refractivity contribution in [2.45, 2.75) is 0 Å². The van der Waals surface area contributed by atoms with E-state index in [0.29, 0.717) is 0 Å². The lowest BCUT2D eigenvalue weighted by Crippen LogP contribution is -2.01. The van der Waals surface area contributed by atoms with Crippen molar-refractivity contribution >= 4 is 0 Å². The van der Waals surface area contributed by atoms with Gasteiger partial charge in [0.15, 0.2) is 0 Å². The minimum absolute atomic E-state index is 1.08. The third-order valence-corrected chi connectivity index (χ3v) is 12.4. The van der Waals surface area contributed by atoms with E-state index in [9.17, 15) is 0 Å². The van der Waals surface area contributed by atoms with E-state index in [1.807, 2.05) is 0 Å². The van der Waals surface area contributed by atoms with Crippen molar-refractivity contribution in [3.63, 3.8) is 0 Å². The molecule has 0 aliphatic carbocycles. The molecule has 0 amide bonds. The number of rotatable bonds is 10. The Hall–Kier alpha value is -8.52. The zero-order valence-electron chi connectivity index (χ0n) is 35.9. The van der Waals surface area contributed by atoms with Crippen molar-refractivity contribution in [3.05, 3.63) is 273 Å². The summed E-state index contributed by atoms with van der Waals surface area (Å²) >= 11 is 0. The molecule has 1 aromatic heterocycles. The molecule has 65 heavy (non-hydrogen) atoms. The van der Waals surface area contributed by atoms with Crippen LogP contribution in [0.2, 0.25) is 0 Å². The lowest BCUT2D eigenvalue weighted by molar-refractivity contribution is 1.10.